The van der Waals surface area contributed by atoms with Crippen LogP contribution in [0.25, 0.3) is 0 Å². The monoisotopic (exact) mass is 206 g/mol. The second-order valence-electron chi connectivity index (χ2n) is 3.30. The Bertz CT molecular complexity index is 448. The Morgan fingerprint density at radius 3 is 2.67 bits per heavy atom. The summed E-state index contributed by atoms with van der Waals surface area (Å²) in [5.74, 6) is -0.804. The van der Waals surface area contributed by atoms with Crippen molar-refractivity contribution in [3.8, 4) is 5.75 Å². The summed E-state index contributed by atoms with van der Waals surface area (Å²) < 4.78 is 9.81. The van der Waals surface area contributed by atoms with Crippen molar-refractivity contribution in [2.75, 3.05) is 6.61 Å². The van der Waals surface area contributed by atoms with E-state index in [9.17, 15) is 9.59 Å². The molecule has 0 spiro atoms. The molecule has 2 rings (SSSR count). The maximum Gasteiger partial charge on any atom is 0.350 e. The topological polar surface area (TPSA) is 52.6 Å². The quantitative estimate of drug-likeness (QED) is 0.546. The van der Waals surface area contributed by atoms with Crippen molar-refractivity contribution in [3.63, 3.8) is 0 Å². The normalized spacial score (nSPS) is 13.7. The van der Waals surface area contributed by atoms with Crippen molar-refractivity contribution in [1.82, 2.24) is 0 Å². The summed E-state index contributed by atoms with van der Waals surface area (Å²) in [5.41, 5.74) is 1.40. The molecule has 0 aromatic heterocycles. The van der Waals surface area contributed by atoms with Crippen molar-refractivity contribution in [2.24, 2.45) is 0 Å². The van der Waals surface area contributed by atoms with E-state index < -0.39 is 11.9 Å². The van der Waals surface area contributed by atoms with E-state index in [-0.39, 0.29) is 5.56 Å². The molecule has 0 amide bonds. The van der Waals surface area contributed by atoms with Crippen molar-refractivity contribution in [3.05, 3.63) is 28.8 Å². The molecule has 1 aliphatic heterocycles. The number of hydrogen-bond acceptors (Lipinski definition) is 4. The van der Waals surface area contributed by atoms with Crippen LogP contribution in [-0.4, -0.2) is 18.5 Å². The molecule has 4 heteroatoms. The molecule has 1 aromatic carbocycles. The second kappa shape index (κ2) is 3.38. The molecule has 1 heterocycles. The predicted molar refractivity (Wildman–Crippen MR) is 52.1 cm³/mol. The summed E-state index contributed by atoms with van der Waals surface area (Å²) in [6, 6.07) is 3.35. The predicted octanol–water partition coefficient (Wildman–Crippen LogP) is 1.70. The van der Waals surface area contributed by atoms with Crippen LogP contribution in [0.1, 0.15) is 33.2 Å². The molecule has 15 heavy (non-hydrogen) atoms. The van der Waals surface area contributed by atoms with Gasteiger partial charge in [0.15, 0.2) is 0 Å². The lowest BCUT2D eigenvalue weighted by atomic mass is 10.1. The number of aryl methyl sites for hydroxylation is 1. The largest absolute Gasteiger partial charge is 0.493 e. The second-order valence-corrected chi connectivity index (χ2v) is 3.30. The highest BCUT2D eigenvalue weighted by Gasteiger charge is 2.33. The van der Waals surface area contributed by atoms with Crippen LogP contribution in [0.3, 0.4) is 0 Å². The molecule has 0 fully saturated rings. The number of benzene rings is 1. The minimum Gasteiger partial charge on any atom is -0.493 e. The Morgan fingerprint density at radius 1 is 1.27 bits per heavy atom. The van der Waals surface area contributed by atoms with E-state index in [1.54, 1.807) is 12.1 Å². The molecule has 0 aliphatic carbocycles. The molecular weight excluding hydrogens is 196 g/mol. The zero-order valence-corrected chi connectivity index (χ0v) is 8.49. The first-order valence-corrected chi connectivity index (χ1v) is 4.67. The molecule has 1 aliphatic rings. The molecule has 0 saturated carbocycles. The van der Waals surface area contributed by atoms with E-state index in [0.29, 0.717) is 17.9 Å². The summed E-state index contributed by atoms with van der Waals surface area (Å²) >= 11 is 0. The number of carbonyl (C=O) groups excluding carboxylic acids is 2. The molecule has 0 atom stereocenters. The Balaban J connectivity index is 2.62. The van der Waals surface area contributed by atoms with Gasteiger partial charge in [-0.05, 0) is 31.5 Å². The molecule has 0 unspecified atom stereocenters. The maximum atomic E-state index is 11.4. The first-order chi connectivity index (χ1) is 7.13. The standard InChI is InChI=1S/C11H10O4/c1-3-14-8-5-6(2)4-7-9(8)11(13)15-10(7)12/h4-5H,3H2,1-2H3. The van der Waals surface area contributed by atoms with E-state index in [2.05, 4.69) is 4.74 Å². The van der Waals surface area contributed by atoms with Gasteiger partial charge in [-0.15, -0.1) is 0 Å². The minimum absolute atomic E-state index is 0.243. The van der Waals surface area contributed by atoms with Crippen molar-refractivity contribution in [2.45, 2.75) is 13.8 Å². The van der Waals surface area contributed by atoms with Crippen LogP contribution in [0.5, 0.6) is 5.75 Å². The van der Waals surface area contributed by atoms with Gasteiger partial charge in [0, 0.05) is 0 Å². The first-order valence-electron chi connectivity index (χ1n) is 4.67. The smallest absolute Gasteiger partial charge is 0.350 e. The van der Waals surface area contributed by atoms with Crippen LogP contribution in [0.2, 0.25) is 0 Å². The molecule has 4 nitrogen and oxygen atoms in total. The molecule has 0 saturated heterocycles. The zero-order chi connectivity index (χ0) is 11.0. The first kappa shape index (κ1) is 9.71. The third kappa shape index (κ3) is 1.48. The average Bonchev–Trinajstić information content (AvgIpc) is 2.42. The lowest BCUT2D eigenvalue weighted by Gasteiger charge is -2.06. The van der Waals surface area contributed by atoms with E-state index in [1.165, 1.54) is 0 Å². The summed E-state index contributed by atoms with van der Waals surface area (Å²) in [6.07, 6.45) is 0. The van der Waals surface area contributed by atoms with Gasteiger partial charge in [-0.25, -0.2) is 9.59 Å². The van der Waals surface area contributed by atoms with E-state index >= 15 is 0 Å². The fourth-order valence-electron chi connectivity index (χ4n) is 1.58. The Hall–Kier alpha value is -1.84. The van der Waals surface area contributed by atoms with Gasteiger partial charge in [0.05, 0.1) is 12.2 Å². The summed E-state index contributed by atoms with van der Waals surface area (Å²) in [5, 5.41) is 0. The van der Waals surface area contributed by atoms with E-state index in [1.807, 2.05) is 13.8 Å². The summed E-state index contributed by atoms with van der Waals surface area (Å²) in [4.78, 5) is 22.6. The molecule has 78 valence electrons. The van der Waals surface area contributed by atoms with Gasteiger partial charge in [-0.1, -0.05) is 0 Å². The SMILES string of the molecule is CCOc1cc(C)cc2c1C(=O)OC2=O. The number of fused-ring (bicyclic) bond motifs is 1. The molecule has 0 N–H and O–H groups in total. The van der Waals surface area contributed by atoms with Gasteiger partial charge in [-0.2, -0.15) is 0 Å². The fraction of sp³-hybridized carbons (Fsp3) is 0.273. The van der Waals surface area contributed by atoms with Gasteiger partial charge in [0.2, 0.25) is 0 Å². The van der Waals surface area contributed by atoms with Crippen LogP contribution in [0, 0.1) is 6.92 Å². The zero-order valence-electron chi connectivity index (χ0n) is 8.49. The number of carbonyl (C=O) groups is 2. The Labute approximate surface area is 86.8 Å². The van der Waals surface area contributed by atoms with Gasteiger partial charge < -0.3 is 9.47 Å². The van der Waals surface area contributed by atoms with Gasteiger partial charge in [0.25, 0.3) is 0 Å². The number of ether oxygens (including phenoxy) is 2. The van der Waals surface area contributed by atoms with Gasteiger partial charge in [-0.3, -0.25) is 0 Å². The Morgan fingerprint density at radius 2 is 2.00 bits per heavy atom. The summed E-state index contributed by atoms with van der Waals surface area (Å²) in [6.45, 7) is 4.09. The van der Waals surface area contributed by atoms with Crippen LogP contribution in [-0.2, 0) is 4.74 Å². The number of hydrogen-bond donors (Lipinski definition) is 0. The van der Waals surface area contributed by atoms with Crippen molar-refractivity contribution < 1.29 is 19.1 Å². The summed E-state index contributed by atoms with van der Waals surface area (Å²) in [7, 11) is 0. The highest BCUT2D eigenvalue weighted by atomic mass is 16.6. The third-order valence-corrected chi connectivity index (χ3v) is 2.16. The molecular formula is C11H10O4. The minimum atomic E-state index is -0.626. The van der Waals surface area contributed by atoms with E-state index in [0.717, 1.165) is 5.56 Å². The Kier molecular flexibility index (Phi) is 2.19. The lowest BCUT2D eigenvalue weighted by molar-refractivity contribution is 0.0442. The van der Waals surface area contributed by atoms with Crippen molar-refractivity contribution >= 4 is 11.9 Å². The fourth-order valence-corrected chi connectivity index (χ4v) is 1.58. The van der Waals surface area contributed by atoms with E-state index in [4.69, 9.17) is 4.74 Å². The van der Waals surface area contributed by atoms with Crippen LogP contribution in [0.15, 0.2) is 12.1 Å². The number of cyclic esters (lactones) is 2. The third-order valence-electron chi connectivity index (χ3n) is 2.16. The van der Waals surface area contributed by atoms with Crippen LogP contribution in [0.4, 0.5) is 0 Å². The average molecular weight is 206 g/mol. The highest BCUT2D eigenvalue weighted by molar-refractivity contribution is 6.16. The molecule has 1 aromatic rings. The molecule has 0 bridgehead atoms. The lowest BCUT2D eigenvalue weighted by Crippen LogP contribution is -2.01. The highest BCUT2D eigenvalue weighted by Crippen LogP contribution is 2.30. The van der Waals surface area contributed by atoms with Crippen molar-refractivity contribution in [1.29, 1.82) is 0 Å². The van der Waals surface area contributed by atoms with Gasteiger partial charge >= 0.3 is 11.9 Å². The van der Waals surface area contributed by atoms with Crippen LogP contribution < -0.4 is 4.74 Å². The van der Waals surface area contributed by atoms with Gasteiger partial charge in [0.1, 0.15) is 11.3 Å². The number of esters is 2. The molecule has 0 radical (unpaired) electrons. The maximum absolute atomic E-state index is 11.4. The van der Waals surface area contributed by atoms with Crippen LogP contribution >= 0.6 is 0 Å². The number of rotatable bonds is 2.